The molecule has 27 heavy (non-hydrogen) atoms. The maximum absolute atomic E-state index is 12.2. The predicted octanol–water partition coefficient (Wildman–Crippen LogP) is 2.07. The van der Waals surface area contributed by atoms with Gasteiger partial charge < -0.3 is 15.0 Å². The highest BCUT2D eigenvalue weighted by Gasteiger charge is 2.08. The molecule has 0 saturated carbocycles. The van der Waals surface area contributed by atoms with E-state index in [9.17, 15) is 4.79 Å². The number of rotatable bonds is 6. The summed E-state index contributed by atoms with van der Waals surface area (Å²) in [6, 6.07) is 13.3. The zero-order chi connectivity index (χ0) is 18.6. The monoisotopic (exact) mass is 361 g/mol. The van der Waals surface area contributed by atoms with Crippen molar-refractivity contribution in [2.45, 2.75) is 6.92 Å². The average molecular weight is 361 g/mol. The molecule has 8 nitrogen and oxygen atoms in total. The maximum Gasteiger partial charge on any atom is 0.252 e. The summed E-state index contributed by atoms with van der Waals surface area (Å²) in [6.07, 6.45) is 5.58. The van der Waals surface area contributed by atoms with Crippen LogP contribution in [0.4, 0.5) is 5.82 Å². The Balaban J connectivity index is 1.27. The lowest BCUT2D eigenvalue weighted by Gasteiger charge is -2.07. The summed E-state index contributed by atoms with van der Waals surface area (Å²) in [4.78, 5) is 12.2. The van der Waals surface area contributed by atoms with E-state index in [0.29, 0.717) is 30.3 Å². The third-order valence-corrected chi connectivity index (χ3v) is 4.09. The van der Waals surface area contributed by atoms with Crippen LogP contribution in [0, 0.1) is 6.92 Å². The highest BCUT2D eigenvalue weighted by atomic mass is 16.1. The van der Waals surface area contributed by atoms with Crippen molar-refractivity contribution >= 4 is 17.2 Å². The molecule has 4 rings (SSSR count). The van der Waals surface area contributed by atoms with Gasteiger partial charge in [0.2, 0.25) is 0 Å². The lowest BCUT2D eigenvalue weighted by molar-refractivity contribution is 0.0955. The van der Waals surface area contributed by atoms with Crippen molar-refractivity contribution in [2.24, 2.45) is 0 Å². The third kappa shape index (κ3) is 3.79. The second kappa shape index (κ2) is 7.28. The zero-order valence-corrected chi connectivity index (χ0v) is 14.8. The number of anilines is 1. The van der Waals surface area contributed by atoms with Crippen molar-refractivity contribution in [1.29, 1.82) is 0 Å². The fourth-order valence-corrected chi connectivity index (χ4v) is 2.73. The first-order valence-electron chi connectivity index (χ1n) is 8.64. The summed E-state index contributed by atoms with van der Waals surface area (Å²) in [7, 11) is 0. The quantitative estimate of drug-likeness (QED) is 0.513. The molecule has 1 amide bonds. The van der Waals surface area contributed by atoms with Crippen molar-refractivity contribution < 1.29 is 4.79 Å². The number of pyridine rings is 1. The van der Waals surface area contributed by atoms with Gasteiger partial charge in [-0.05, 0) is 43.3 Å². The maximum atomic E-state index is 12.2. The van der Waals surface area contributed by atoms with Crippen molar-refractivity contribution in [3.05, 3.63) is 72.3 Å². The molecule has 2 N–H and O–H groups in total. The van der Waals surface area contributed by atoms with Gasteiger partial charge in [-0.15, -0.1) is 10.2 Å². The van der Waals surface area contributed by atoms with Crippen LogP contribution >= 0.6 is 0 Å². The molecule has 0 fully saturated rings. The molecule has 0 aliphatic heterocycles. The number of hydrogen-bond donors (Lipinski definition) is 2. The summed E-state index contributed by atoms with van der Waals surface area (Å²) >= 11 is 0. The van der Waals surface area contributed by atoms with Gasteiger partial charge in [-0.3, -0.25) is 4.79 Å². The van der Waals surface area contributed by atoms with Gasteiger partial charge >= 0.3 is 0 Å². The van der Waals surface area contributed by atoms with Crippen LogP contribution < -0.4 is 10.6 Å². The standard InChI is InChI=1S/C19H19N7O/c1-14-7-11-26(24-14)18-6-5-17(22-23-18)20-8-9-21-19(27)15-12-16-4-2-3-10-25(16)13-15/h2-7,10-13H,8-9H2,1H3,(H,20,22)(H,21,27). The molecule has 8 heteroatoms. The Labute approximate surface area is 155 Å². The van der Waals surface area contributed by atoms with Crippen molar-refractivity contribution in [3.63, 3.8) is 0 Å². The number of nitrogens with zero attached hydrogens (tertiary/aromatic N) is 5. The zero-order valence-electron chi connectivity index (χ0n) is 14.8. The molecule has 4 aromatic heterocycles. The molecular formula is C19H19N7O. The number of aromatic nitrogens is 5. The van der Waals surface area contributed by atoms with Crippen molar-refractivity contribution in [3.8, 4) is 5.82 Å². The van der Waals surface area contributed by atoms with Crippen LogP contribution in [0.15, 0.2) is 61.1 Å². The highest BCUT2D eigenvalue weighted by molar-refractivity contribution is 5.95. The SMILES string of the molecule is Cc1ccn(-c2ccc(NCCNC(=O)c3cc4ccccn4c3)nn2)n1. The number of nitrogens with one attached hydrogen (secondary N) is 2. The van der Waals surface area contributed by atoms with E-state index in [0.717, 1.165) is 11.2 Å². The first kappa shape index (κ1) is 16.8. The fourth-order valence-electron chi connectivity index (χ4n) is 2.73. The Morgan fingerprint density at radius 1 is 1.07 bits per heavy atom. The highest BCUT2D eigenvalue weighted by Crippen LogP contribution is 2.09. The first-order chi connectivity index (χ1) is 13.2. The van der Waals surface area contributed by atoms with Crippen molar-refractivity contribution in [1.82, 2.24) is 29.7 Å². The van der Waals surface area contributed by atoms with Crippen molar-refractivity contribution in [2.75, 3.05) is 18.4 Å². The number of fused-ring (bicyclic) bond motifs is 1. The molecule has 0 spiro atoms. The number of amides is 1. The Hall–Kier alpha value is -3.68. The first-order valence-corrected chi connectivity index (χ1v) is 8.64. The Bertz CT molecular complexity index is 1030. The fraction of sp³-hybridized carbons (Fsp3) is 0.158. The van der Waals surface area contributed by atoms with Gasteiger partial charge in [-0.1, -0.05) is 6.07 Å². The lowest BCUT2D eigenvalue weighted by Crippen LogP contribution is -2.28. The lowest BCUT2D eigenvalue weighted by atomic mass is 10.3. The van der Waals surface area contributed by atoms with Crippen LogP contribution in [0.1, 0.15) is 16.1 Å². The smallest absolute Gasteiger partial charge is 0.252 e. The molecule has 4 heterocycles. The van der Waals surface area contributed by atoms with Crippen LogP contribution in [0.3, 0.4) is 0 Å². The van der Waals surface area contributed by atoms with E-state index in [1.165, 1.54) is 0 Å². The number of hydrogen-bond acceptors (Lipinski definition) is 5. The Kier molecular flexibility index (Phi) is 4.52. The Morgan fingerprint density at radius 3 is 2.74 bits per heavy atom. The van der Waals surface area contributed by atoms with Gasteiger partial charge in [0.1, 0.15) is 5.82 Å². The van der Waals surface area contributed by atoms with Gasteiger partial charge in [0.25, 0.3) is 5.91 Å². The largest absolute Gasteiger partial charge is 0.367 e. The number of carbonyl (C=O) groups is 1. The second-order valence-corrected chi connectivity index (χ2v) is 6.12. The van der Waals surface area contributed by atoms with Gasteiger partial charge in [-0.2, -0.15) is 5.10 Å². The molecule has 0 unspecified atom stereocenters. The number of carbonyl (C=O) groups excluding carboxylic acids is 1. The van der Waals surface area contributed by atoms with E-state index in [1.54, 1.807) is 4.68 Å². The van der Waals surface area contributed by atoms with E-state index < -0.39 is 0 Å². The second-order valence-electron chi connectivity index (χ2n) is 6.12. The van der Waals surface area contributed by atoms with E-state index >= 15 is 0 Å². The molecule has 136 valence electrons. The van der Waals surface area contributed by atoms with Gasteiger partial charge in [0.15, 0.2) is 5.82 Å². The Morgan fingerprint density at radius 2 is 2.00 bits per heavy atom. The summed E-state index contributed by atoms with van der Waals surface area (Å²) in [5, 5.41) is 18.6. The topological polar surface area (TPSA) is 89.1 Å². The molecule has 0 saturated heterocycles. The molecule has 4 aromatic rings. The van der Waals surface area contributed by atoms with E-state index in [2.05, 4.69) is 25.9 Å². The summed E-state index contributed by atoms with van der Waals surface area (Å²) < 4.78 is 3.60. The van der Waals surface area contributed by atoms with E-state index in [1.807, 2.05) is 72.4 Å². The summed E-state index contributed by atoms with van der Waals surface area (Å²) in [5.74, 6) is 1.20. The molecular weight excluding hydrogens is 342 g/mol. The van der Waals surface area contributed by atoms with Gasteiger partial charge in [0.05, 0.1) is 11.3 Å². The van der Waals surface area contributed by atoms with Crippen LogP contribution in [0.5, 0.6) is 0 Å². The van der Waals surface area contributed by atoms with E-state index in [4.69, 9.17) is 0 Å². The minimum absolute atomic E-state index is 0.101. The molecule has 0 aliphatic rings. The third-order valence-electron chi connectivity index (χ3n) is 4.09. The molecule has 0 aromatic carbocycles. The normalized spacial score (nSPS) is 10.9. The summed E-state index contributed by atoms with van der Waals surface area (Å²) in [6.45, 7) is 2.95. The van der Waals surface area contributed by atoms with Crippen LogP contribution in [-0.2, 0) is 0 Å². The van der Waals surface area contributed by atoms with Crippen LogP contribution in [0.25, 0.3) is 11.3 Å². The van der Waals surface area contributed by atoms with E-state index in [-0.39, 0.29) is 5.91 Å². The number of aryl methyl sites for hydroxylation is 1. The molecule has 0 atom stereocenters. The minimum Gasteiger partial charge on any atom is -0.367 e. The molecule has 0 bridgehead atoms. The average Bonchev–Trinajstić information content (AvgIpc) is 3.32. The van der Waals surface area contributed by atoms with Crippen LogP contribution in [0.2, 0.25) is 0 Å². The summed E-state index contributed by atoms with van der Waals surface area (Å²) in [5.41, 5.74) is 2.55. The molecule has 0 aliphatic carbocycles. The van der Waals surface area contributed by atoms with Gasteiger partial charge in [0, 0.05) is 37.2 Å². The van der Waals surface area contributed by atoms with Crippen LogP contribution in [-0.4, -0.2) is 43.4 Å². The predicted molar refractivity (Wildman–Crippen MR) is 102 cm³/mol. The van der Waals surface area contributed by atoms with Gasteiger partial charge in [-0.25, -0.2) is 4.68 Å². The molecule has 0 radical (unpaired) electrons. The minimum atomic E-state index is -0.101.